The Labute approximate surface area is 160 Å². The molecule has 1 aromatic heterocycles. The third-order valence-electron chi connectivity index (χ3n) is 5.58. The fourth-order valence-corrected chi connectivity index (χ4v) is 4.18. The number of ether oxygens (including phenoxy) is 1. The lowest BCUT2D eigenvalue weighted by Gasteiger charge is -2.34. The van der Waals surface area contributed by atoms with E-state index in [0.29, 0.717) is 5.69 Å². The summed E-state index contributed by atoms with van der Waals surface area (Å²) < 4.78 is 5.83. The Kier molecular flexibility index (Phi) is 5.02. The second-order valence-electron chi connectivity index (χ2n) is 7.81. The lowest BCUT2D eigenvalue weighted by Crippen LogP contribution is -2.48. The van der Waals surface area contributed by atoms with Crippen molar-refractivity contribution in [1.29, 1.82) is 0 Å². The normalized spacial score (nSPS) is 23.3. The molecule has 0 aliphatic carbocycles. The zero-order valence-electron chi connectivity index (χ0n) is 16.4. The van der Waals surface area contributed by atoms with Crippen LogP contribution in [0, 0.1) is 6.92 Å². The van der Waals surface area contributed by atoms with Gasteiger partial charge in [0.25, 0.3) is 5.91 Å². The maximum absolute atomic E-state index is 13.0. The van der Waals surface area contributed by atoms with Crippen molar-refractivity contribution in [2.45, 2.75) is 45.9 Å². The Morgan fingerprint density at radius 2 is 2.04 bits per heavy atom. The zero-order chi connectivity index (χ0) is 19.0. The van der Waals surface area contributed by atoms with Gasteiger partial charge in [-0.05, 0) is 26.3 Å². The molecule has 2 aliphatic heterocycles. The second kappa shape index (κ2) is 7.44. The molecule has 0 bridgehead atoms. The quantitative estimate of drug-likeness (QED) is 0.905. The highest BCUT2D eigenvalue weighted by Crippen LogP contribution is 2.30. The van der Waals surface area contributed by atoms with Gasteiger partial charge in [-0.1, -0.05) is 29.8 Å². The number of nitrogens with one attached hydrogen (secondary N) is 1. The summed E-state index contributed by atoms with van der Waals surface area (Å²) in [7, 11) is 0. The highest BCUT2D eigenvalue weighted by molar-refractivity contribution is 5.94. The number of carbonyl (C=O) groups is 1. The summed E-state index contributed by atoms with van der Waals surface area (Å²) in [4.78, 5) is 17.4. The van der Waals surface area contributed by atoms with Gasteiger partial charge in [-0.25, -0.2) is 0 Å². The van der Waals surface area contributed by atoms with Crippen LogP contribution in [0.5, 0.6) is 0 Å². The molecule has 3 heterocycles. The number of benzene rings is 1. The molecule has 4 rings (SSSR count). The molecule has 1 amide bonds. The first-order valence-electron chi connectivity index (χ1n) is 9.81. The van der Waals surface area contributed by atoms with Crippen molar-refractivity contribution in [1.82, 2.24) is 20.0 Å². The standard InChI is InChI=1S/C21H28N4O2/c1-14-5-4-6-17(11-14)13-24-7-9-25(10-8-24)21(26)20-18-12-15(2)27-16(3)19(18)22-23-20/h4-6,11,15-16H,7-10,12-13H2,1-3H3,(H,22,23)/t15-,16+/m1/s1. The van der Waals surface area contributed by atoms with E-state index >= 15 is 0 Å². The first-order chi connectivity index (χ1) is 13.0. The van der Waals surface area contributed by atoms with Crippen molar-refractivity contribution in [3.63, 3.8) is 0 Å². The number of hydrogen-bond donors (Lipinski definition) is 1. The molecule has 2 aromatic rings. The van der Waals surface area contributed by atoms with E-state index in [0.717, 1.165) is 50.4 Å². The lowest BCUT2D eigenvalue weighted by atomic mass is 9.99. The van der Waals surface area contributed by atoms with Crippen LogP contribution >= 0.6 is 0 Å². The molecule has 2 aliphatic rings. The molecule has 0 radical (unpaired) electrons. The average molecular weight is 368 g/mol. The fraction of sp³-hybridized carbons (Fsp3) is 0.524. The third-order valence-corrected chi connectivity index (χ3v) is 5.58. The minimum atomic E-state index is -0.0380. The average Bonchev–Trinajstić information content (AvgIpc) is 3.06. The van der Waals surface area contributed by atoms with Crippen LogP contribution in [0.15, 0.2) is 24.3 Å². The molecule has 27 heavy (non-hydrogen) atoms. The van der Waals surface area contributed by atoms with Crippen molar-refractivity contribution >= 4 is 5.91 Å². The van der Waals surface area contributed by atoms with E-state index in [-0.39, 0.29) is 18.1 Å². The number of piperazine rings is 1. The van der Waals surface area contributed by atoms with Crippen molar-refractivity contribution in [3.8, 4) is 0 Å². The first-order valence-corrected chi connectivity index (χ1v) is 9.81. The van der Waals surface area contributed by atoms with E-state index in [1.54, 1.807) is 0 Å². The molecule has 0 unspecified atom stereocenters. The minimum Gasteiger partial charge on any atom is -0.369 e. The maximum Gasteiger partial charge on any atom is 0.274 e. The molecule has 0 spiro atoms. The summed E-state index contributed by atoms with van der Waals surface area (Å²) >= 11 is 0. The minimum absolute atomic E-state index is 0.0380. The fourth-order valence-electron chi connectivity index (χ4n) is 4.18. The topological polar surface area (TPSA) is 61.5 Å². The Morgan fingerprint density at radius 1 is 1.26 bits per heavy atom. The molecule has 1 saturated heterocycles. The van der Waals surface area contributed by atoms with E-state index in [4.69, 9.17) is 4.74 Å². The van der Waals surface area contributed by atoms with Crippen LogP contribution in [0.4, 0.5) is 0 Å². The van der Waals surface area contributed by atoms with Gasteiger partial charge in [0.15, 0.2) is 5.69 Å². The Morgan fingerprint density at radius 3 is 2.78 bits per heavy atom. The number of aromatic nitrogens is 2. The summed E-state index contributed by atoms with van der Waals surface area (Å²) in [5.74, 6) is 0.0454. The van der Waals surface area contributed by atoms with E-state index in [9.17, 15) is 4.79 Å². The number of rotatable bonds is 3. The highest BCUT2D eigenvalue weighted by Gasteiger charge is 2.32. The summed E-state index contributed by atoms with van der Waals surface area (Å²) in [6.07, 6.45) is 0.816. The number of nitrogens with zero attached hydrogens (tertiary/aromatic N) is 3. The number of aryl methyl sites for hydroxylation is 1. The van der Waals surface area contributed by atoms with E-state index in [1.807, 2.05) is 18.7 Å². The molecular weight excluding hydrogens is 340 g/mol. The van der Waals surface area contributed by atoms with E-state index in [1.165, 1.54) is 11.1 Å². The zero-order valence-corrected chi connectivity index (χ0v) is 16.4. The molecule has 1 fully saturated rings. The van der Waals surface area contributed by atoms with E-state index in [2.05, 4.69) is 46.3 Å². The van der Waals surface area contributed by atoms with Crippen LogP contribution < -0.4 is 0 Å². The Bertz CT molecular complexity index is 823. The SMILES string of the molecule is Cc1cccc(CN2CCN(C(=O)c3n[nH]c4c3C[C@@H](C)O[C@H]4C)CC2)c1. The molecule has 1 aromatic carbocycles. The third kappa shape index (κ3) is 3.77. The molecule has 144 valence electrons. The second-order valence-corrected chi connectivity index (χ2v) is 7.81. The van der Waals surface area contributed by atoms with Crippen LogP contribution in [0.1, 0.15) is 52.8 Å². The van der Waals surface area contributed by atoms with E-state index < -0.39 is 0 Å². The molecular formula is C21H28N4O2. The number of carbonyl (C=O) groups excluding carboxylic acids is 1. The number of aromatic amines is 1. The Hall–Kier alpha value is -2.18. The summed E-state index contributed by atoms with van der Waals surface area (Å²) in [5, 5.41) is 7.37. The molecule has 0 saturated carbocycles. The largest absolute Gasteiger partial charge is 0.369 e. The van der Waals surface area contributed by atoms with Crippen molar-refractivity contribution in [2.75, 3.05) is 26.2 Å². The highest BCUT2D eigenvalue weighted by atomic mass is 16.5. The van der Waals surface area contributed by atoms with Crippen LogP contribution in [0.25, 0.3) is 0 Å². The van der Waals surface area contributed by atoms with Crippen LogP contribution in [0.3, 0.4) is 0 Å². The predicted octanol–water partition coefficient (Wildman–Crippen LogP) is 2.70. The summed E-state index contributed by atoms with van der Waals surface area (Å²) in [5.41, 5.74) is 5.19. The van der Waals surface area contributed by atoms with Crippen LogP contribution in [-0.4, -0.2) is 58.2 Å². The van der Waals surface area contributed by atoms with Crippen molar-refractivity contribution < 1.29 is 9.53 Å². The predicted molar refractivity (Wildman–Crippen MR) is 104 cm³/mol. The van der Waals surface area contributed by atoms with Gasteiger partial charge in [-0.15, -0.1) is 0 Å². The monoisotopic (exact) mass is 368 g/mol. The molecule has 1 N–H and O–H groups in total. The number of amides is 1. The lowest BCUT2D eigenvalue weighted by molar-refractivity contribution is -0.00704. The maximum atomic E-state index is 13.0. The van der Waals surface area contributed by atoms with Gasteiger partial charge in [-0.2, -0.15) is 5.10 Å². The van der Waals surface area contributed by atoms with Gasteiger partial charge in [0.05, 0.1) is 17.9 Å². The van der Waals surface area contributed by atoms with Gasteiger partial charge in [0.1, 0.15) is 0 Å². The summed E-state index contributed by atoms with van der Waals surface area (Å²) in [6, 6.07) is 8.64. The molecule has 6 nitrogen and oxygen atoms in total. The van der Waals surface area contributed by atoms with Gasteiger partial charge in [0.2, 0.25) is 0 Å². The van der Waals surface area contributed by atoms with Gasteiger partial charge >= 0.3 is 0 Å². The van der Waals surface area contributed by atoms with Crippen LogP contribution in [0.2, 0.25) is 0 Å². The summed E-state index contributed by atoms with van der Waals surface area (Å²) in [6.45, 7) is 10.4. The van der Waals surface area contributed by atoms with Gasteiger partial charge in [-0.3, -0.25) is 14.8 Å². The first kappa shape index (κ1) is 18.2. The van der Waals surface area contributed by atoms with Gasteiger partial charge < -0.3 is 9.64 Å². The van der Waals surface area contributed by atoms with Crippen LogP contribution in [-0.2, 0) is 17.7 Å². The number of hydrogen-bond acceptors (Lipinski definition) is 4. The van der Waals surface area contributed by atoms with Crippen molar-refractivity contribution in [3.05, 3.63) is 52.3 Å². The smallest absolute Gasteiger partial charge is 0.274 e. The van der Waals surface area contributed by atoms with Gasteiger partial charge in [0, 0.05) is 44.7 Å². The number of fused-ring (bicyclic) bond motifs is 1. The molecule has 2 atom stereocenters. The number of H-pyrrole nitrogens is 1. The Balaban J connectivity index is 1.39. The van der Waals surface area contributed by atoms with Crippen molar-refractivity contribution in [2.24, 2.45) is 0 Å². The molecule has 6 heteroatoms.